The summed E-state index contributed by atoms with van der Waals surface area (Å²) in [7, 11) is 1.59. The summed E-state index contributed by atoms with van der Waals surface area (Å²) in [5.74, 6) is -0.457. The lowest BCUT2D eigenvalue weighted by molar-refractivity contribution is -0.145. The van der Waals surface area contributed by atoms with Crippen LogP contribution in [0.1, 0.15) is 23.4 Å². The number of rotatable bonds is 5. The molecule has 0 bridgehead atoms. The van der Waals surface area contributed by atoms with E-state index in [1.807, 2.05) is 18.2 Å². The smallest absolute Gasteiger partial charge is 0.311 e. The Morgan fingerprint density at radius 1 is 1.35 bits per heavy atom. The van der Waals surface area contributed by atoms with Gasteiger partial charge < -0.3 is 14.7 Å². The Bertz CT molecular complexity index is 759. The van der Waals surface area contributed by atoms with Gasteiger partial charge in [-0.3, -0.25) is 14.5 Å². The third kappa shape index (κ3) is 4.70. The molecule has 138 valence electrons. The molecule has 1 aliphatic rings. The first-order chi connectivity index (χ1) is 12.5. The minimum absolute atomic E-state index is 0.00198. The van der Waals surface area contributed by atoms with Crippen LogP contribution in [0, 0.1) is 6.92 Å². The van der Waals surface area contributed by atoms with Gasteiger partial charge >= 0.3 is 11.8 Å². The Hall–Kier alpha value is -2.67. The number of likely N-dealkylation sites (N-methyl/N-ethyl adjacent to an activating group) is 1. The zero-order valence-corrected chi connectivity index (χ0v) is 15.1. The number of amides is 2. The van der Waals surface area contributed by atoms with Crippen molar-refractivity contribution in [1.82, 2.24) is 20.3 Å². The van der Waals surface area contributed by atoms with E-state index >= 15 is 0 Å². The Morgan fingerprint density at radius 3 is 2.81 bits per heavy atom. The highest BCUT2D eigenvalue weighted by molar-refractivity contribution is 6.34. The summed E-state index contributed by atoms with van der Waals surface area (Å²) in [5, 5.41) is 6.69. The highest BCUT2D eigenvalue weighted by Gasteiger charge is 2.27. The van der Waals surface area contributed by atoms with Crippen molar-refractivity contribution in [2.24, 2.45) is 0 Å². The van der Waals surface area contributed by atoms with Gasteiger partial charge in [0.2, 0.25) is 0 Å². The molecule has 1 aromatic heterocycles. The van der Waals surface area contributed by atoms with Crippen molar-refractivity contribution >= 4 is 11.8 Å². The van der Waals surface area contributed by atoms with E-state index in [0.29, 0.717) is 11.5 Å². The van der Waals surface area contributed by atoms with E-state index in [2.05, 4.69) is 27.5 Å². The van der Waals surface area contributed by atoms with Crippen LogP contribution in [0.25, 0.3) is 0 Å². The molecule has 1 aliphatic heterocycles. The fourth-order valence-corrected chi connectivity index (χ4v) is 3.16. The second kappa shape index (κ2) is 8.14. The van der Waals surface area contributed by atoms with Crippen LogP contribution >= 0.6 is 0 Å². The Balaban J connectivity index is 1.46. The van der Waals surface area contributed by atoms with Gasteiger partial charge in [-0.15, -0.1) is 0 Å². The quantitative estimate of drug-likeness (QED) is 0.818. The van der Waals surface area contributed by atoms with E-state index in [1.165, 1.54) is 10.5 Å². The molecule has 0 saturated carbocycles. The Kier molecular flexibility index (Phi) is 5.68. The molecule has 2 aromatic rings. The van der Waals surface area contributed by atoms with Gasteiger partial charge in [-0.05, 0) is 18.9 Å². The van der Waals surface area contributed by atoms with Gasteiger partial charge in [0.1, 0.15) is 11.5 Å². The van der Waals surface area contributed by atoms with Gasteiger partial charge in [0.15, 0.2) is 0 Å². The predicted octanol–water partition coefficient (Wildman–Crippen LogP) is 1.33. The number of carbonyl (C=O) groups is 2. The van der Waals surface area contributed by atoms with Gasteiger partial charge in [0.05, 0.1) is 6.54 Å². The average molecular weight is 356 g/mol. The van der Waals surface area contributed by atoms with E-state index in [4.69, 9.17) is 4.52 Å². The maximum Gasteiger partial charge on any atom is 0.311 e. The molecule has 1 atom stereocenters. The lowest BCUT2D eigenvalue weighted by Crippen LogP contribution is -2.45. The van der Waals surface area contributed by atoms with Crippen LogP contribution in [0.2, 0.25) is 0 Å². The van der Waals surface area contributed by atoms with Crippen molar-refractivity contribution in [3.05, 3.63) is 53.4 Å². The maximum absolute atomic E-state index is 12.3. The van der Waals surface area contributed by atoms with Crippen molar-refractivity contribution in [3.63, 3.8) is 0 Å². The molecule has 26 heavy (non-hydrogen) atoms. The first-order valence-electron chi connectivity index (χ1n) is 8.75. The van der Waals surface area contributed by atoms with Crippen LogP contribution in [0.3, 0.4) is 0 Å². The fourth-order valence-electron chi connectivity index (χ4n) is 3.16. The molecule has 0 aliphatic carbocycles. The van der Waals surface area contributed by atoms with Gasteiger partial charge in [0, 0.05) is 38.8 Å². The summed E-state index contributed by atoms with van der Waals surface area (Å²) in [5.41, 5.74) is 1.87. The Labute approximate surface area is 152 Å². The van der Waals surface area contributed by atoms with Crippen LogP contribution in [-0.4, -0.2) is 52.9 Å². The van der Waals surface area contributed by atoms with Gasteiger partial charge in [-0.2, -0.15) is 0 Å². The van der Waals surface area contributed by atoms with Crippen LogP contribution in [0.15, 0.2) is 40.9 Å². The molecule has 3 rings (SSSR count). The van der Waals surface area contributed by atoms with E-state index < -0.39 is 11.8 Å². The number of aryl methyl sites for hydroxylation is 1. The number of likely N-dealkylation sites (tertiary alicyclic amines) is 1. The lowest BCUT2D eigenvalue weighted by Gasteiger charge is -2.18. The third-order valence-corrected chi connectivity index (χ3v) is 4.47. The first kappa shape index (κ1) is 18.1. The number of benzene rings is 1. The van der Waals surface area contributed by atoms with Gasteiger partial charge in [-0.1, -0.05) is 35.5 Å². The molecule has 2 heterocycles. The van der Waals surface area contributed by atoms with E-state index in [0.717, 1.165) is 26.1 Å². The normalized spacial score (nSPS) is 17.2. The summed E-state index contributed by atoms with van der Waals surface area (Å²) in [4.78, 5) is 28.1. The fraction of sp³-hybridized carbons (Fsp3) is 0.421. The largest absolute Gasteiger partial charge is 0.361 e. The number of nitrogens with zero attached hydrogens (tertiary/aromatic N) is 3. The summed E-state index contributed by atoms with van der Waals surface area (Å²) in [6.45, 7) is 4.54. The molecular formula is C19H24N4O3. The summed E-state index contributed by atoms with van der Waals surface area (Å²) >= 11 is 0. The highest BCUT2D eigenvalue weighted by Crippen LogP contribution is 2.13. The second-order valence-electron chi connectivity index (χ2n) is 6.77. The number of hydrogen-bond acceptors (Lipinski definition) is 5. The molecule has 1 saturated heterocycles. The van der Waals surface area contributed by atoms with Crippen LogP contribution in [0.5, 0.6) is 0 Å². The number of carbonyl (C=O) groups excluding carboxylic acids is 2. The zero-order valence-electron chi connectivity index (χ0n) is 15.1. The standard InChI is InChI=1S/C19H24N4O3/c1-14-10-17(21-26-14)12-22(2)19(25)18(24)20-16-8-9-23(13-16)11-15-6-4-3-5-7-15/h3-7,10,16H,8-9,11-13H2,1-2H3,(H,20,24)/t16-/m0/s1. The number of aromatic nitrogens is 1. The molecule has 1 fully saturated rings. The summed E-state index contributed by atoms with van der Waals surface area (Å²) in [6, 6.07) is 12.0. The lowest BCUT2D eigenvalue weighted by atomic mass is 10.2. The molecule has 0 unspecified atom stereocenters. The number of hydrogen-bond donors (Lipinski definition) is 1. The molecule has 2 amide bonds. The van der Waals surface area contributed by atoms with Gasteiger partial charge in [-0.25, -0.2) is 0 Å². The number of nitrogens with one attached hydrogen (secondary N) is 1. The van der Waals surface area contributed by atoms with E-state index in [1.54, 1.807) is 20.0 Å². The topological polar surface area (TPSA) is 78.7 Å². The SMILES string of the molecule is Cc1cc(CN(C)C(=O)C(=O)N[C@H]2CCN(Cc3ccccc3)C2)no1. The van der Waals surface area contributed by atoms with Crippen molar-refractivity contribution in [2.75, 3.05) is 20.1 Å². The zero-order chi connectivity index (χ0) is 18.5. The molecule has 7 nitrogen and oxygen atoms in total. The average Bonchev–Trinajstić information content (AvgIpc) is 3.23. The highest BCUT2D eigenvalue weighted by atomic mass is 16.5. The Morgan fingerprint density at radius 2 is 2.12 bits per heavy atom. The van der Waals surface area contributed by atoms with Crippen molar-refractivity contribution in [1.29, 1.82) is 0 Å². The molecule has 0 radical (unpaired) electrons. The van der Waals surface area contributed by atoms with Crippen molar-refractivity contribution in [2.45, 2.75) is 32.5 Å². The second-order valence-corrected chi connectivity index (χ2v) is 6.77. The van der Waals surface area contributed by atoms with Crippen LogP contribution in [-0.2, 0) is 22.7 Å². The van der Waals surface area contributed by atoms with Crippen molar-refractivity contribution in [3.8, 4) is 0 Å². The summed E-state index contributed by atoms with van der Waals surface area (Å²) in [6.07, 6.45) is 0.845. The molecule has 0 spiro atoms. The maximum atomic E-state index is 12.3. The molecule has 1 N–H and O–H groups in total. The van der Waals surface area contributed by atoms with Crippen LogP contribution in [0.4, 0.5) is 0 Å². The summed E-state index contributed by atoms with van der Waals surface area (Å²) < 4.78 is 4.98. The van der Waals surface area contributed by atoms with Crippen molar-refractivity contribution < 1.29 is 14.1 Å². The molecule has 1 aromatic carbocycles. The molecule has 7 heteroatoms. The first-order valence-corrected chi connectivity index (χ1v) is 8.75. The minimum atomic E-state index is -0.570. The van der Waals surface area contributed by atoms with E-state index in [-0.39, 0.29) is 12.6 Å². The van der Waals surface area contributed by atoms with E-state index in [9.17, 15) is 9.59 Å². The predicted molar refractivity (Wildman–Crippen MR) is 96.0 cm³/mol. The minimum Gasteiger partial charge on any atom is -0.361 e. The van der Waals surface area contributed by atoms with Crippen LogP contribution < -0.4 is 5.32 Å². The van der Waals surface area contributed by atoms with Gasteiger partial charge in [0.25, 0.3) is 0 Å². The molecular weight excluding hydrogens is 332 g/mol. The third-order valence-electron chi connectivity index (χ3n) is 4.47. The monoisotopic (exact) mass is 356 g/mol.